The van der Waals surface area contributed by atoms with Crippen molar-refractivity contribution in [1.29, 1.82) is 0 Å². The van der Waals surface area contributed by atoms with Crippen molar-refractivity contribution >= 4 is 44.5 Å². The monoisotopic (exact) mass is 421 g/mol. The first kappa shape index (κ1) is 17.8. The molecule has 0 aliphatic heterocycles. The lowest BCUT2D eigenvalue weighted by molar-refractivity contribution is -0.123. The molecule has 2 aromatic carbocycles. The van der Waals surface area contributed by atoms with E-state index < -0.39 is 0 Å². The smallest absolute Gasteiger partial charge is 0.257 e. The summed E-state index contributed by atoms with van der Waals surface area (Å²) in [4.78, 5) is 19.6. The number of nitrogens with one attached hydrogen (secondary N) is 2. The van der Waals surface area contributed by atoms with E-state index in [2.05, 4.69) is 31.2 Å². The molecule has 1 aromatic heterocycles. The highest BCUT2D eigenvalue weighted by Crippen LogP contribution is 2.30. The second-order valence-corrected chi connectivity index (χ2v) is 6.88. The maximum atomic E-state index is 11.9. The zero-order chi connectivity index (χ0) is 17.8. The minimum absolute atomic E-state index is 0.0558. The molecule has 25 heavy (non-hydrogen) atoms. The van der Waals surface area contributed by atoms with Gasteiger partial charge in [-0.05, 0) is 52.7 Å². The molecule has 0 fully saturated rings. The van der Waals surface area contributed by atoms with Crippen molar-refractivity contribution in [2.45, 2.75) is 13.3 Å². The van der Waals surface area contributed by atoms with Gasteiger partial charge in [0.2, 0.25) is 0 Å². The number of halogens is 2. The number of para-hydroxylation sites is 2. The maximum absolute atomic E-state index is 11.9. The van der Waals surface area contributed by atoms with Crippen molar-refractivity contribution in [1.82, 2.24) is 15.3 Å². The number of carbonyl (C=O) groups excluding carboxylic acids is 1. The van der Waals surface area contributed by atoms with E-state index in [-0.39, 0.29) is 12.5 Å². The Kier molecular flexibility index (Phi) is 5.60. The average molecular weight is 423 g/mol. The van der Waals surface area contributed by atoms with E-state index in [0.29, 0.717) is 23.7 Å². The van der Waals surface area contributed by atoms with Crippen LogP contribution in [-0.2, 0) is 11.2 Å². The number of H-pyrrole nitrogens is 1. The first-order chi connectivity index (χ1) is 12.0. The third-order valence-electron chi connectivity index (χ3n) is 3.69. The van der Waals surface area contributed by atoms with Crippen molar-refractivity contribution < 1.29 is 9.53 Å². The van der Waals surface area contributed by atoms with Crippen molar-refractivity contribution in [2.75, 3.05) is 13.2 Å². The Labute approximate surface area is 158 Å². The highest BCUT2D eigenvalue weighted by atomic mass is 79.9. The Bertz CT molecular complexity index is 877. The summed E-state index contributed by atoms with van der Waals surface area (Å²) in [6, 6.07) is 11.4. The molecular weight excluding hydrogens is 406 g/mol. The van der Waals surface area contributed by atoms with Gasteiger partial charge in [0.25, 0.3) is 5.91 Å². The topological polar surface area (TPSA) is 67.0 Å². The molecule has 0 saturated carbocycles. The molecule has 5 nitrogen and oxygen atoms in total. The van der Waals surface area contributed by atoms with Crippen LogP contribution < -0.4 is 10.1 Å². The van der Waals surface area contributed by atoms with Crippen LogP contribution in [0.4, 0.5) is 0 Å². The van der Waals surface area contributed by atoms with Gasteiger partial charge in [-0.25, -0.2) is 4.98 Å². The molecule has 0 aliphatic carbocycles. The predicted molar refractivity (Wildman–Crippen MR) is 102 cm³/mol. The normalized spacial score (nSPS) is 10.8. The summed E-state index contributed by atoms with van der Waals surface area (Å²) in [5.41, 5.74) is 2.82. The molecule has 130 valence electrons. The van der Waals surface area contributed by atoms with Crippen LogP contribution in [0.2, 0.25) is 5.02 Å². The van der Waals surface area contributed by atoms with Crippen LogP contribution in [0.25, 0.3) is 11.0 Å². The number of imidazole rings is 1. The Morgan fingerprint density at radius 3 is 2.96 bits per heavy atom. The Morgan fingerprint density at radius 2 is 2.16 bits per heavy atom. The Balaban J connectivity index is 1.47. The molecule has 0 aliphatic rings. The first-order valence-electron chi connectivity index (χ1n) is 7.81. The number of benzene rings is 2. The van der Waals surface area contributed by atoms with Gasteiger partial charge in [0.1, 0.15) is 11.6 Å². The molecule has 1 heterocycles. The maximum Gasteiger partial charge on any atom is 0.257 e. The van der Waals surface area contributed by atoms with Crippen LogP contribution in [0.1, 0.15) is 11.4 Å². The molecule has 2 N–H and O–H groups in total. The molecule has 0 bridgehead atoms. The fourth-order valence-corrected chi connectivity index (χ4v) is 3.13. The standard InChI is InChI=1S/C18H17BrClN3O2/c1-11-8-16(12(19)9-13(11)20)25-10-18(24)21-7-6-17-22-14-4-2-3-5-15(14)23-17/h2-5,8-9H,6-7,10H2,1H3,(H,21,24)(H,22,23). The third-order valence-corrected chi connectivity index (χ3v) is 4.72. The lowest BCUT2D eigenvalue weighted by Gasteiger charge is -2.10. The van der Waals surface area contributed by atoms with E-state index in [1.807, 2.05) is 31.2 Å². The van der Waals surface area contributed by atoms with Gasteiger partial charge in [-0.1, -0.05) is 23.7 Å². The zero-order valence-corrected chi connectivity index (χ0v) is 15.9. The lowest BCUT2D eigenvalue weighted by Crippen LogP contribution is -2.30. The molecule has 0 unspecified atom stereocenters. The fraction of sp³-hybridized carbons (Fsp3) is 0.222. The molecule has 0 atom stereocenters. The van der Waals surface area contributed by atoms with Gasteiger partial charge in [-0.3, -0.25) is 4.79 Å². The second-order valence-electron chi connectivity index (χ2n) is 5.62. The van der Waals surface area contributed by atoms with Gasteiger partial charge in [-0.2, -0.15) is 0 Å². The summed E-state index contributed by atoms with van der Waals surface area (Å²) in [7, 11) is 0. The van der Waals surface area contributed by atoms with Crippen LogP contribution in [0.3, 0.4) is 0 Å². The van der Waals surface area contributed by atoms with E-state index >= 15 is 0 Å². The van der Waals surface area contributed by atoms with Crippen LogP contribution in [0.15, 0.2) is 40.9 Å². The number of aryl methyl sites for hydroxylation is 1. The molecule has 3 rings (SSSR count). The number of fused-ring (bicyclic) bond motifs is 1. The molecule has 7 heteroatoms. The summed E-state index contributed by atoms with van der Waals surface area (Å²) in [5.74, 6) is 1.25. The summed E-state index contributed by atoms with van der Waals surface area (Å²) in [6.45, 7) is 2.32. The van der Waals surface area contributed by atoms with Gasteiger partial charge in [0.15, 0.2) is 6.61 Å². The highest BCUT2D eigenvalue weighted by Gasteiger charge is 2.09. The van der Waals surface area contributed by atoms with E-state index in [9.17, 15) is 4.79 Å². The summed E-state index contributed by atoms with van der Waals surface area (Å²) in [6.07, 6.45) is 0.629. The SMILES string of the molecule is Cc1cc(OCC(=O)NCCc2nc3ccccc3[nH]2)c(Br)cc1Cl. The number of hydrogen-bond donors (Lipinski definition) is 2. The van der Waals surface area contributed by atoms with Crippen molar-refractivity contribution in [2.24, 2.45) is 0 Å². The highest BCUT2D eigenvalue weighted by molar-refractivity contribution is 9.10. The summed E-state index contributed by atoms with van der Waals surface area (Å²) < 4.78 is 6.26. The number of aromatic nitrogens is 2. The Morgan fingerprint density at radius 1 is 1.36 bits per heavy atom. The summed E-state index contributed by atoms with van der Waals surface area (Å²) >= 11 is 9.41. The molecule has 1 amide bonds. The van der Waals surface area contributed by atoms with Gasteiger partial charge in [-0.15, -0.1) is 0 Å². The predicted octanol–water partition coefficient (Wildman–Crippen LogP) is 4.02. The number of carbonyl (C=O) groups is 1. The zero-order valence-electron chi connectivity index (χ0n) is 13.6. The number of amides is 1. The van der Waals surface area contributed by atoms with Gasteiger partial charge in [0.05, 0.1) is 15.5 Å². The second kappa shape index (κ2) is 7.89. The summed E-state index contributed by atoms with van der Waals surface area (Å²) in [5, 5.41) is 3.47. The number of rotatable bonds is 6. The first-order valence-corrected chi connectivity index (χ1v) is 8.99. The number of nitrogens with zero attached hydrogens (tertiary/aromatic N) is 1. The molecule has 0 saturated heterocycles. The Hall–Kier alpha value is -2.05. The quantitative estimate of drug-likeness (QED) is 0.630. The van der Waals surface area contributed by atoms with Crippen LogP contribution >= 0.6 is 27.5 Å². The van der Waals surface area contributed by atoms with Crippen molar-refractivity contribution in [3.63, 3.8) is 0 Å². The number of hydrogen-bond acceptors (Lipinski definition) is 3. The molecule has 3 aromatic rings. The van der Waals surface area contributed by atoms with E-state index in [0.717, 1.165) is 26.9 Å². The van der Waals surface area contributed by atoms with Gasteiger partial charge >= 0.3 is 0 Å². The third kappa shape index (κ3) is 4.52. The molecule has 0 spiro atoms. The van der Waals surface area contributed by atoms with Crippen LogP contribution in [0, 0.1) is 6.92 Å². The minimum atomic E-state index is -0.185. The lowest BCUT2D eigenvalue weighted by atomic mass is 10.2. The average Bonchev–Trinajstić information content (AvgIpc) is 2.99. The van der Waals surface area contributed by atoms with E-state index in [1.54, 1.807) is 12.1 Å². The fourth-order valence-electron chi connectivity index (χ4n) is 2.38. The largest absolute Gasteiger partial charge is 0.483 e. The van der Waals surface area contributed by atoms with E-state index in [4.69, 9.17) is 16.3 Å². The van der Waals surface area contributed by atoms with E-state index in [1.165, 1.54) is 0 Å². The van der Waals surface area contributed by atoms with Gasteiger partial charge < -0.3 is 15.0 Å². The van der Waals surface area contributed by atoms with Crippen molar-refractivity contribution in [3.05, 3.63) is 57.3 Å². The van der Waals surface area contributed by atoms with Gasteiger partial charge in [0, 0.05) is 18.0 Å². The van der Waals surface area contributed by atoms with Crippen LogP contribution in [0.5, 0.6) is 5.75 Å². The minimum Gasteiger partial charge on any atom is -0.483 e. The van der Waals surface area contributed by atoms with Crippen LogP contribution in [-0.4, -0.2) is 29.0 Å². The number of ether oxygens (including phenoxy) is 1. The van der Waals surface area contributed by atoms with Crippen molar-refractivity contribution in [3.8, 4) is 5.75 Å². The number of aromatic amines is 1. The molecular formula is C18H17BrClN3O2. The molecule has 0 radical (unpaired) electrons.